The number of rotatable bonds is 4. The number of aryl methyl sites for hydroxylation is 1. The van der Waals surface area contributed by atoms with E-state index < -0.39 is 17.7 Å². The molecular weight excluding hydrogens is 386 g/mol. The average molecular weight is 404 g/mol. The molecule has 25 heavy (non-hydrogen) atoms. The number of benzene rings is 1. The maximum absolute atomic E-state index is 12.7. The zero-order valence-corrected chi connectivity index (χ0v) is 15.7. The van der Waals surface area contributed by atoms with E-state index in [1.54, 1.807) is 57.2 Å². The number of hydrogen-bond donors (Lipinski definition) is 1. The highest BCUT2D eigenvalue weighted by Gasteiger charge is 2.46. The number of anilines is 1. The zero-order valence-electron chi connectivity index (χ0n) is 14.1. The fraction of sp³-hybridized carbons (Fsp3) is 0.263. The molecule has 0 bridgehead atoms. The highest BCUT2D eigenvalue weighted by atomic mass is 79.9. The molecular formula is C19H18BrNO4. The van der Waals surface area contributed by atoms with Gasteiger partial charge in [0.2, 0.25) is 0 Å². The third kappa shape index (κ3) is 3.02. The van der Waals surface area contributed by atoms with E-state index in [-0.39, 0.29) is 17.3 Å². The van der Waals surface area contributed by atoms with Gasteiger partial charge >= 0.3 is 0 Å². The Morgan fingerprint density at radius 1 is 1.20 bits per heavy atom. The molecule has 130 valence electrons. The van der Waals surface area contributed by atoms with E-state index in [4.69, 9.17) is 4.42 Å². The van der Waals surface area contributed by atoms with Crippen molar-refractivity contribution >= 4 is 33.3 Å². The molecule has 1 N–H and O–H groups in total. The maximum Gasteiger partial charge on any atom is 0.294 e. The Morgan fingerprint density at radius 3 is 2.36 bits per heavy atom. The fourth-order valence-electron chi connectivity index (χ4n) is 2.91. The van der Waals surface area contributed by atoms with Gasteiger partial charge in [-0.3, -0.25) is 14.5 Å². The first kappa shape index (κ1) is 17.5. The number of hydrogen-bond acceptors (Lipinski definition) is 4. The summed E-state index contributed by atoms with van der Waals surface area (Å²) in [5.41, 5.74) is 0.655. The molecule has 5 nitrogen and oxygen atoms in total. The molecule has 1 aromatic carbocycles. The second-order valence-electron chi connectivity index (χ2n) is 6.28. The van der Waals surface area contributed by atoms with Crippen LogP contribution in [-0.2, 0) is 9.59 Å². The van der Waals surface area contributed by atoms with Gasteiger partial charge in [-0.1, -0.05) is 29.8 Å². The van der Waals surface area contributed by atoms with Crippen molar-refractivity contribution in [1.82, 2.24) is 0 Å². The minimum atomic E-state index is -0.780. The summed E-state index contributed by atoms with van der Waals surface area (Å²) < 4.78 is 6.56. The van der Waals surface area contributed by atoms with Gasteiger partial charge in [0.25, 0.3) is 5.91 Å². The van der Waals surface area contributed by atoms with E-state index in [2.05, 4.69) is 15.9 Å². The minimum Gasteiger partial charge on any atom is -0.503 e. The normalized spacial score (nSPS) is 17.7. The van der Waals surface area contributed by atoms with Gasteiger partial charge in [0, 0.05) is 16.1 Å². The lowest BCUT2D eigenvalue weighted by Gasteiger charge is -2.25. The minimum absolute atomic E-state index is 0.0808. The molecule has 1 aliphatic heterocycles. The number of halogens is 1. The van der Waals surface area contributed by atoms with E-state index in [9.17, 15) is 14.7 Å². The van der Waals surface area contributed by atoms with Crippen LogP contribution < -0.4 is 4.90 Å². The summed E-state index contributed by atoms with van der Waals surface area (Å²) >= 11 is 3.36. The van der Waals surface area contributed by atoms with Crippen LogP contribution in [-0.4, -0.2) is 16.8 Å². The molecule has 1 aliphatic rings. The Labute approximate surface area is 154 Å². The smallest absolute Gasteiger partial charge is 0.294 e. The van der Waals surface area contributed by atoms with Crippen LogP contribution in [0, 0.1) is 12.8 Å². The van der Waals surface area contributed by atoms with E-state index in [1.165, 1.54) is 4.90 Å². The predicted molar refractivity (Wildman–Crippen MR) is 97.3 cm³/mol. The van der Waals surface area contributed by atoms with Gasteiger partial charge < -0.3 is 9.52 Å². The van der Waals surface area contributed by atoms with Gasteiger partial charge in [-0.05, 0) is 43.3 Å². The molecule has 0 saturated heterocycles. The first-order chi connectivity index (χ1) is 11.8. The lowest BCUT2D eigenvalue weighted by molar-refractivity contribution is -0.119. The topological polar surface area (TPSA) is 70.8 Å². The van der Waals surface area contributed by atoms with Gasteiger partial charge in [-0.25, -0.2) is 0 Å². The molecule has 3 rings (SSSR count). The number of furan rings is 1. The third-order valence-electron chi connectivity index (χ3n) is 4.13. The fourth-order valence-corrected chi connectivity index (χ4v) is 3.17. The maximum atomic E-state index is 12.7. The molecule has 2 heterocycles. The summed E-state index contributed by atoms with van der Waals surface area (Å²) in [5.74, 6) is -0.633. The van der Waals surface area contributed by atoms with Crippen molar-refractivity contribution in [3.05, 3.63) is 63.7 Å². The Kier molecular flexibility index (Phi) is 4.56. The van der Waals surface area contributed by atoms with E-state index in [0.717, 1.165) is 4.47 Å². The molecule has 0 radical (unpaired) electrons. The monoisotopic (exact) mass is 403 g/mol. The van der Waals surface area contributed by atoms with Gasteiger partial charge in [-0.2, -0.15) is 0 Å². The summed E-state index contributed by atoms with van der Waals surface area (Å²) in [5, 5.41) is 10.4. The highest BCUT2D eigenvalue weighted by Crippen LogP contribution is 2.42. The van der Waals surface area contributed by atoms with Gasteiger partial charge in [0.15, 0.2) is 11.5 Å². The van der Waals surface area contributed by atoms with Crippen LogP contribution in [0.3, 0.4) is 0 Å². The molecule has 1 aromatic heterocycles. The van der Waals surface area contributed by atoms with Crippen molar-refractivity contribution in [2.24, 2.45) is 5.92 Å². The molecule has 0 fully saturated rings. The quantitative estimate of drug-likeness (QED) is 0.816. The molecule has 1 atom stereocenters. The van der Waals surface area contributed by atoms with Gasteiger partial charge in [0.1, 0.15) is 17.6 Å². The summed E-state index contributed by atoms with van der Waals surface area (Å²) in [6.45, 7) is 5.26. The summed E-state index contributed by atoms with van der Waals surface area (Å²) in [7, 11) is 0. The molecule has 6 heteroatoms. The molecule has 0 spiro atoms. The number of aliphatic hydroxyl groups excluding tert-OH is 1. The van der Waals surface area contributed by atoms with Crippen molar-refractivity contribution in [2.45, 2.75) is 26.8 Å². The first-order valence-corrected chi connectivity index (χ1v) is 8.73. The molecule has 0 aliphatic carbocycles. The predicted octanol–water partition coefficient (Wildman–Crippen LogP) is 4.48. The molecule has 0 saturated carbocycles. The first-order valence-electron chi connectivity index (χ1n) is 7.94. The number of Topliss-reactive ketones (excluding diaryl/α,β-unsaturated/α-hetero) is 1. The second-order valence-corrected chi connectivity index (χ2v) is 7.20. The van der Waals surface area contributed by atoms with Crippen LogP contribution in [0.1, 0.15) is 31.4 Å². The Hall–Kier alpha value is -2.34. The Bertz CT molecular complexity index is 864. The molecule has 2 aromatic rings. The SMILES string of the molecule is Cc1ccc(C2C(C(=O)C(C)C)=C(O)C(=O)N2c2ccc(Br)cc2)o1. The van der Waals surface area contributed by atoms with Crippen LogP contribution in [0.15, 0.2) is 56.6 Å². The van der Waals surface area contributed by atoms with Crippen molar-refractivity contribution in [3.63, 3.8) is 0 Å². The van der Waals surface area contributed by atoms with Crippen molar-refractivity contribution in [2.75, 3.05) is 4.90 Å². The largest absolute Gasteiger partial charge is 0.503 e. The zero-order chi connectivity index (χ0) is 18.3. The molecule has 1 amide bonds. The van der Waals surface area contributed by atoms with Crippen LogP contribution in [0.25, 0.3) is 0 Å². The lowest BCUT2D eigenvalue weighted by Crippen LogP contribution is -2.31. The third-order valence-corrected chi connectivity index (χ3v) is 4.66. The standard InChI is InChI=1S/C19H18BrNO4/c1-10(2)17(22)15-16(14-9-4-11(3)25-14)21(19(24)18(15)23)13-7-5-12(20)6-8-13/h4-10,16,23H,1-3H3. The Morgan fingerprint density at radius 2 is 1.84 bits per heavy atom. The number of carbonyl (C=O) groups is 2. The van der Waals surface area contributed by atoms with E-state index in [0.29, 0.717) is 17.2 Å². The van der Waals surface area contributed by atoms with E-state index in [1.807, 2.05) is 0 Å². The molecule has 1 unspecified atom stereocenters. The van der Waals surface area contributed by atoms with E-state index >= 15 is 0 Å². The number of amides is 1. The van der Waals surface area contributed by atoms with Crippen molar-refractivity contribution in [1.29, 1.82) is 0 Å². The summed E-state index contributed by atoms with van der Waals surface area (Å²) in [6.07, 6.45) is 0. The number of aliphatic hydroxyl groups is 1. The summed E-state index contributed by atoms with van der Waals surface area (Å²) in [6, 6.07) is 9.82. The highest BCUT2D eigenvalue weighted by molar-refractivity contribution is 9.10. The average Bonchev–Trinajstić information content (AvgIpc) is 3.10. The van der Waals surface area contributed by atoms with Crippen LogP contribution in [0.2, 0.25) is 0 Å². The van der Waals surface area contributed by atoms with Crippen molar-refractivity contribution < 1.29 is 19.1 Å². The van der Waals surface area contributed by atoms with Gasteiger partial charge in [0.05, 0.1) is 5.57 Å². The number of nitrogens with zero attached hydrogens (tertiary/aromatic N) is 1. The Balaban J connectivity index is 2.16. The summed E-state index contributed by atoms with van der Waals surface area (Å²) in [4.78, 5) is 26.8. The van der Waals surface area contributed by atoms with Crippen molar-refractivity contribution in [3.8, 4) is 0 Å². The number of ketones is 1. The van der Waals surface area contributed by atoms with Crippen LogP contribution in [0.5, 0.6) is 0 Å². The lowest BCUT2D eigenvalue weighted by atomic mass is 9.94. The van der Waals surface area contributed by atoms with Gasteiger partial charge in [-0.15, -0.1) is 0 Å². The van der Waals surface area contributed by atoms with Crippen LogP contribution in [0.4, 0.5) is 5.69 Å². The second kappa shape index (κ2) is 6.52. The number of carbonyl (C=O) groups excluding carboxylic acids is 2. The van der Waals surface area contributed by atoms with Crippen LogP contribution >= 0.6 is 15.9 Å².